The van der Waals surface area contributed by atoms with Crippen molar-refractivity contribution in [2.75, 3.05) is 5.32 Å². The number of hydrogen-bond donors (Lipinski definition) is 2. The van der Waals surface area contributed by atoms with Crippen molar-refractivity contribution in [1.29, 1.82) is 0 Å². The van der Waals surface area contributed by atoms with Gasteiger partial charge in [0.05, 0.1) is 0 Å². The van der Waals surface area contributed by atoms with E-state index >= 15 is 0 Å². The highest BCUT2D eigenvalue weighted by atomic mass is 35.5. The lowest BCUT2D eigenvalue weighted by molar-refractivity contribution is 0.102. The fourth-order valence-corrected chi connectivity index (χ4v) is 2.24. The van der Waals surface area contributed by atoms with E-state index < -0.39 is 22.8 Å². The molecule has 0 aromatic carbocycles. The molecule has 1 amide bonds. The summed E-state index contributed by atoms with van der Waals surface area (Å²) in [6.45, 7) is 1.58. The molecule has 0 spiro atoms. The zero-order valence-electron chi connectivity index (χ0n) is 10.1. The quantitative estimate of drug-likeness (QED) is 0.885. The maximum Gasteiger partial charge on any atom is 0.267 e. The predicted octanol–water partition coefficient (Wildman–Crippen LogP) is 1.76. The standard InChI is InChI=1S/C11H10ClN3O3S/c1-5-7(12)8(16)6(10(18)15(5)2)9(17)14-11-13-3-4-19-11/h3-4,16H,1-2H3,(H,13,14,17). The fraction of sp³-hybridized carbons (Fsp3) is 0.182. The van der Waals surface area contributed by atoms with E-state index in [9.17, 15) is 14.7 Å². The fourth-order valence-electron chi connectivity index (χ4n) is 1.50. The molecule has 19 heavy (non-hydrogen) atoms. The molecule has 2 aromatic heterocycles. The third-order valence-corrected chi connectivity index (χ3v) is 3.80. The highest BCUT2D eigenvalue weighted by Gasteiger charge is 2.22. The largest absolute Gasteiger partial charge is 0.505 e. The van der Waals surface area contributed by atoms with Crippen LogP contribution in [0.1, 0.15) is 16.1 Å². The van der Waals surface area contributed by atoms with E-state index in [4.69, 9.17) is 11.6 Å². The molecule has 0 fully saturated rings. The van der Waals surface area contributed by atoms with Crippen molar-refractivity contribution in [2.24, 2.45) is 7.05 Å². The third kappa shape index (κ3) is 2.34. The third-order valence-electron chi connectivity index (χ3n) is 2.66. The molecule has 2 heterocycles. The highest BCUT2D eigenvalue weighted by molar-refractivity contribution is 7.13. The molecule has 0 aliphatic carbocycles. The van der Waals surface area contributed by atoms with Crippen LogP contribution in [-0.4, -0.2) is 20.6 Å². The maximum atomic E-state index is 12.0. The van der Waals surface area contributed by atoms with E-state index in [2.05, 4.69) is 10.3 Å². The predicted molar refractivity (Wildman–Crippen MR) is 73.2 cm³/mol. The molecule has 8 heteroatoms. The summed E-state index contributed by atoms with van der Waals surface area (Å²) in [5.74, 6) is -1.26. The summed E-state index contributed by atoms with van der Waals surface area (Å²) in [6.07, 6.45) is 1.51. The van der Waals surface area contributed by atoms with Crippen LogP contribution < -0.4 is 10.9 Å². The van der Waals surface area contributed by atoms with Gasteiger partial charge in [-0.1, -0.05) is 11.6 Å². The number of rotatable bonds is 2. The first-order chi connectivity index (χ1) is 8.93. The second kappa shape index (κ2) is 5.02. The monoisotopic (exact) mass is 299 g/mol. The van der Waals surface area contributed by atoms with Gasteiger partial charge in [-0.05, 0) is 6.92 Å². The molecule has 0 aliphatic heterocycles. The second-order valence-electron chi connectivity index (χ2n) is 3.78. The van der Waals surface area contributed by atoms with Crippen molar-refractivity contribution in [1.82, 2.24) is 9.55 Å². The normalized spacial score (nSPS) is 10.5. The molecule has 2 N–H and O–H groups in total. The molecule has 0 saturated carbocycles. The number of anilines is 1. The van der Waals surface area contributed by atoms with Crippen molar-refractivity contribution in [2.45, 2.75) is 6.92 Å². The van der Waals surface area contributed by atoms with Crippen molar-refractivity contribution in [3.8, 4) is 5.75 Å². The average molecular weight is 300 g/mol. The number of hydrogen-bond acceptors (Lipinski definition) is 5. The lowest BCUT2D eigenvalue weighted by Gasteiger charge is -2.11. The minimum Gasteiger partial charge on any atom is -0.505 e. The number of nitrogens with one attached hydrogen (secondary N) is 1. The number of pyridine rings is 1. The summed E-state index contributed by atoms with van der Waals surface area (Å²) < 4.78 is 1.21. The van der Waals surface area contributed by atoms with Crippen LogP contribution in [0.3, 0.4) is 0 Å². The second-order valence-corrected chi connectivity index (χ2v) is 5.05. The van der Waals surface area contributed by atoms with Gasteiger partial charge in [0.1, 0.15) is 10.6 Å². The Kier molecular flexibility index (Phi) is 3.59. The van der Waals surface area contributed by atoms with Crippen molar-refractivity contribution in [3.05, 3.63) is 38.2 Å². The molecule has 0 bridgehead atoms. The van der Waals surface area contributed by atoms with Gasteiger partial charge in [-0.15, -0.1) is 11.3 Å². The SMILES string of the molecule is Cc1c(Cl)c(O)c(C(=O)Nc2nccs2)c(=O)n1C. The van der Waals surface area contributed by atoms with Crippen LogP contribution in [0, 0.1) is 6.92 Å². The molecule has 0 saturated heterocycles. The number of aromatic hydroxyl groups is 1. The van der Waals surface area contributed by atoms with E-state index in [1.165, 1.54) is 29.1 Å². The van der Waals surface area contributed by atoms with Crippen molar-refractivity contribution >= 4 is 34.0 Å². The van der Waals surface area contributed by atoms with Crippen LogP contribution in [0.2, 0.25) is 5.02 Å². The number of nitrogens with zero attached hydrogens (tertiary/aromatic N) is 2. The smallest absolute Gasteiger partial charge is 0.267 e. The lowest BCUT2D eigenvalue weighted by Crippen LogP contribution is -2.29. The van der Waals surface area contributed by atoms with Gasteiger partial charge >= 0.3 is 0 Å². The zero-order chi connectivity index (χ0) is 14.2. The van der Waals surface area contributed by atoms with Crippen LogP contribution >= 0.6 is 22.9 Å². The molecule has 100 valence electrons. The van der Waals surface area contributed by atoms with Gasteiger partial charge < -0.3 is 9.67 Å². The van der Waals surface area contributed by atoms with E-state index in [0.717, 1.165) is 0 Å². The summed E-state index contributed by atoms with van der Waals surface area (Å²) in [6, 6.07) is 0. The molecule has 2 rings (SSSR count). The molecular weight excluding hydrogens is 290 g/mol. The summed E-state index contributed by atoms with van der Waals surface area (Å²) in [5, 5.41) is 14.3. The Morgan fingerprint density at radius 3 is 2.84 bits per heavy atom. The zero-order valence-corrected chi connectivity index (χ0v) is 11.7. The lowest BCUT2D eigenvalue weighted by atomic mass is 10.2. The van der Waals surface area contributed by atoms with Crippen LogP contribution in [-0.2, 0) is 7.05 Å². The van der Waals surface area contributed by atoms with Gasteiger partial charge in [-0.25, -0.2) is 4.98 Å². The molecule has 0 atom stereocenters. The average Bonchev–Trinajstić information content (AvgIpc) is 2.87. The van der Waals surface area contributed by atoms with Gasteiger partial charge in [0.2, 0.25) is 0 Å². The Balaban J connectivity index is 2.51. The summed E-state index contributed by atoms with van der Waals surface area (Å²) in [7, 11) is 1.48. The summed E-state index contributed by atoms with van der Waals surface area (Å²) in [4.78, 5) is 27.9. The number of carbonyl (C=O) groups is 1. The van der Waals surface area contributed by atoms with Crippen molar-refractivity contribution in [3.63, 3.8) is 0 Å². The molecular formula is C11H10ClN3O3S. The molecule has 2 aromatic rings. The van der Waals surface area contributed by atoms with Crippen LogP contribution in [0.5, 0.6) is 5.75 Å². The minimum absolute atomic E-state index is 0.0219. The first kappa shape index (κ1) is 13.6. The Hall–Kier alpha value is -1.86. The van der Waals surface area contributed by atoms with E-state index in [-0.39, 0.29) is 5.02 Å². The summed E-state index contributed by atoms with van der Waals surface area (Å²) in [5.41, 5.74) is -0.628. The van der Waals surface area contributed by atoms with E-state index in [1.54, 1.807) is 12.3 Å². The minimum atomic E-state index is -0.741. The number of halogens is 1. The van der Waals surface area contributed by atoms with Crippen LogP contribution in [0.25, 0.3) is 0 Å². The number of aromatic nitrogens is 2. The highest BCUT2D eigenvalue weighted by Crippen LogP contribution is 2.28. The molecule has 0 aliphatic rings. The Morgan fingerprint density at radius 1 is 1.58 bits per heavy atom. The Labute approximate surface area is 117 Å². The van der Waals surface area contributed by atoms with Gasteiger partial charge in [0.25, 0.3) is 11.5 Å². The maximum absolute atomic E-state index is 12.0. The van der Waals surface area contributed by atoms with Crippen LogP contribution in [0.4, 0.5) is 5.13 Å². The molecule has 6 nitrogen and oxygen atoms in total. The Bertz CT molecular complexity index is 694. The summed E-state index contributed by atoms with van der Waals surface area (Å²) >= 11 is 7.09. The van der Waals surface area contributed by atoms with E-state index in [0.29, 0.717) is 10.8 Å². The first-order valence-corrected chi connectivity index (χ1v) is 6.48. The van der Waals surface area contributed by atoms with Crippen molar-refractivity contribution < 1.29 is 9.90 Å². The molecule has 0 unspecified atom stereocenters. The first-order valence-electron chi connectivity index (χ1n) is 5.22. The topological polar surface area (TPSA) is 84.2 Å². The van der Waals surface area contributed by atoms with Crippen LogP contribution in [0.15, 0.2) is 16.4 Å². The van der Waals surface area contributed by atoms with Gasteiger partial charge in [0, 0.05) is 24.3 Å². The number of carbonyl (C=O) groups excluding carboxylic acids is 1. The van der Waals surface area contributed by atoms with Gasteiger partial charge in [0.15, 0.2) is 10.9 Å². The number of amides is 1. The van der Waals surface area contributed by atoms with E-state index in [1.807, 2.05) is 0 Å². The van der Waals surface area contributed by atoms with Gasteiger partial charge in [-0.2, -0.15) is 0 Å². The van der Waals surface area contributed by atoms with Gasteiger partial charge in [-0.3, -0.25) is 14.9 Å². The number of thiazole rings is 1. The molecule has 0 radical (unpaired) electrons. The Morgan fingerprint density at radius 2 is 2.26 bits per heavy atom.